The van der Waals surface area contributed by atoms with Gasteiger partial charge in [0.1, 0.15) is 5.75 Å². The molecular formula is C20H21F3N2O4S. The first-order valence-electron chi connectivity index (χ1n) is 9.19. The fourth-order valence-electron chi connectivity index (χ4n) is 3.38. The van der Waals surface area contributed by atoms with Crippen LogP contribution in [0.5, 0.6) is 5.75 Å². The highest BCUT2D eigenvalue weighted by Crippen LogP contribution is 2.31. The summed E-state index contributed by atoms with van der Waals surface area (Å²) in [5, 5.41) is 0. The number of fused-ring (bicyclic) bond motifs is 1. The second-order valence-electron chi connectivity index (χ2n) is 7.02. The SMILES string of the molecule is CC(=O)N1CCCc2cc(S(=O)(=O)N(C)Cc3ccc(OC(F)(F)F)cc3)ccc21. The van der Waals surface area contributed by atoms with Gasteiger partial charge in [-0.2, -0.15) is 4.31 Å². The Morgan fingerprint density at radius 2 is 1.83 bits per heavy atom. The first kappa shape index (κ1) is 22.1. The molecule has 0 aliphatic carbocycles. The van der Waals surface area contributed by atoms with E-state index in [-0.39, 0.29) is 23.1 Å². The van der Waals surface area contributed by atoms with Crippen LogP contribution in [-0.4, -0.2) is 38.6 Å². The van der Waals surface area contributed by atoms with Crippen LogP contribution in [0.3, 0.4) is 0 Å². The van der Waals surface area contributed by atoms with Crippen molar-refractivity contribution >= 4 is 21.6 Å². The zero-order chi connectivity index (χ0) is 22.1. The summed E-state index contributed by atoms with van der Waals surface area (Å²) in [7, 11) is -2.43. The predicted octanol–water partition coefficient (Wildman–Crippen LogP) is 3.71. The number of carbonyl (C=O) groups is 1. The summed E-state index contributed by atoms with van der Waals surface area (Å²) in [4.78, 5) is 13.5. The van der Waals surface area contributed by atoms with Crippen LogP contribution in [0.4, 0.5) is 18.9 Å². The highest BCUT2D eigenvalue weighted by Gasteiger charge is 2.31. The van der Waals surface area contributed by atoms with E-state index < -0.39 is 16.4 Å². The van der Waals surface area contributed by atoms with Gasteiger partial charge in [0.15, 0.2) is 0 Å². The topological polar surface area (TPSA) is 66.9 Å². The van der Waals surface area contributed by atoms with E-state index in [0.29, 0.717) is 18.5 Å². The number of carbonyl (C=O) groups excluding carboxylic acids is 1. The average Bonchev–Trinajstić information content (AvgIpc) is 2.67. The number of hydrogen-bond donors (Lipinski definition) is 0. The van der Waals surface area contributed by atoms with E-state index in [9.17, 15) is 26.4 Å². The number of nitrogens with zero attached hydrogens (tertiary/aromatic N) is 2. The van der Waals surface area contributed by atoms with Crippen molar-refractivity contribution < 1.29 is 31.1 Å². The van der Waals surface area contributed by atoms with E-state index in [1.807, 2.05) is 0 Å². The molecule has 0 unspecified atom stereocenters. The molecule has 1 amide bonds. The maximum atomic E-state index is 13.0. The highest BCUT2D eigenvalue weighted by atomic mass is 32.2. The predicted molar refractivity (Wildman–Crippen MR) is 105 cm³/mol. The second kappa shape index (κ2) is 8.27. The van der Waals surface area contributed by atoms with Crippen molar-refractivity contribution in [1.29, 1.82) is 0 Å². The lowest BCUT2D eigenvalue weighted by atomic mass is 10.0. The standard InChI is InChI=1S/C20H21F3N2O4S/c1-14(26)25-11-3-4-16-12-18(9-10-19(16)25)30(27,28)24(2)13-15-5-7-17(8-6-15)29-20(21,22)23/h5-10,12H,3-4,11,13H2,1-2H3. The van der Waals surface area contributed by atoms with Gasteiger partial charge < -0.3 is 9.64 Å². The lowest BCUT2D eigenvalue weighted by Gasteiger charge is -2.29. The van der Waals surface area contributed by atoms with Crippen LogP contribution in [-0.2, 0) is 27.8 Å². The average molecular weight is 442 g/mol. The molecule has 2 aromatic rings. The Labute approximate surface area is 172 Å². The number of alkyl halides is 3. The van der Waals surface area contributed by atoms with Gasteiger partial charge in [0, 0.05) is 32.7 Å². The number of hydrogen-bond acceptors (Lipinski definition) is 4. The lowest BCUT2D eigenvalue weighted by Crippen LogP contribution is -2.34. The molecule has 3 rings (SSSR count). The van der Waals surface area contributed by atoms with Crippen molar-refractivity contribution in [3.8, 4) is 5.75 Å². The number of amides is 1. The second-order valence-corrected chi connectivity index (χ2v) is 9.06. The van der Waals surface area contributed by atoms with Gasteiger partial charge in [-0.25, -0.2) is 8.42 Å². The fraction of sp³-hybridized carbons (Fsp3) is 0.350. The minimum absolute atomic E-state index is 0.0225. The monoisotopic (exact) mass is 442 g/mol. The zero-order valence-electron chi connectivity index (χ0n) is 16.4. The van der Waals surface area contributed by atoms with Crippen LogP contribution in [0.25, 0.3) is 0 Å². The Hall–Kier alpha value is -2.59. The molecule has 0 radical (unpaired) electrons. The Bertz CT molecular complexity index is 1040. The van der Waals surface area contributed by atoms with Crippen LogP contribution >= 0.6 is 0 Å². The zero-order valence-corrected chi connectivity index (χ0v) is 17.3. The van der Waals surface area contributed by atoms with E-state index in [1.54, 1.807) is 17.0 Å². The summed E-state index contributed by atoms with van der Waals surface area (Å²) in [5.74, 6) is -0.469. The number of aryl methyl sites for hydroxylation is 1. The Morgan fingerprint density at radius 3 is 2.43 bits per heavy atom. The van der Waals surface area contributed by atoms with E-state index in [4.69, 9.17) is 0 Å². The summed E-state index contributed by atoms with van der Waals surface area (Å²) < 4.78 is 67.6. The molecule has 10 heteroatoms. The first-order chi connectivity index (χ1) is 14.0. The van der Waals surface area contributed by atoms with Gasteiger partial charge >= 0.3 is 6.36 Å². The largest absolute Gasteiger partial charge is 0.573 e. The van der Waals surface area contributed by atoms with Crippen LogP contribution in [0, 0.1) is 0 Å². The molecule has 6 nitrogen and oxygen atoms in total. The van der Waals surface area contributed by atoms with Gasteiger partial charge in [-0.3, -0.25) is 4.79 Å². The number of sulfonamides is 1. The van der Waals surface area contributed by atoms with Gasteiger partial charge in [-0.1, -0.05) is 12.1 Å². The van der Waals surface area contributed by atoms with Crippen molar-refractivity contribution in [1.82, 2.24) is 4.31 Å². The van der Waals surface area contributed by atoms with Crippen LogP contribution < -0.4 is 9.64 Å². The van der Waals surface area contributed by atoms with Crippen LogP contribution in [0.15, 0.2) is 47.4 Å². The molecule has 1 aliphatic rings. The van der Waals surface area contributed by atoms with Crippen molar-refractivity contribution in [2.75, 3.05) is 18.5 Å². The number of rotatable bonds is 5. The third-order valence-corrected chi connectivity index (χ3v) is 6.62. The minimum atomic E-state index is -4.79. The maximum absolute atomic E-state index is 13.0. The molecule has 0 saturated heterocycles. The molecule has 1 aliphatic heterocycles. The van der Waals surface area contributed by atoms with Crippen LogP contribution in [0.2, 0.25) is 0 Å². The molecule has 0 spiro atoms. The fourth-order valence-corrected chi connectivity index (χ4v) is 4.59. The number of halogens is 3. The summed E-state index contributed by atoms with van der Waals surface area (Å²) in [6.07, 6.45) is -3.36. The van der Waals surface area contributed by atoms with Gasteiger partial charge in [-0.05, 0) is 54.3 Å². The van der Waals surface area contributed by atoms with Crippen molar-refractivity contribution in [3.05, 3.63) is 53.6 Å². The van der Waals surface area contributed by atoms with Crippen molar-refractivity contribution in [2.45, 2.75) is 37.6 Å². The number of benzene rings is 2. The Kier molecular flexibility index (Phi) is 6.09. The quantitative estimate of drug-likeness (QED) is 0.708. The van der Waals surface area contributed by atoms with E-state index in [0.717, 1.165) is 34.1 Å². The van der Waals surface area contributed by atoms with E-state index >= 15 is 0 Å². The summed E-state index contributed by atoms with van der Waals surface area (Å²) in [5.41, 5.74) is 2.02. The van der Waals surface area contributed by atoms with Crippen molar-refractivity contribution in [3.63, 3.8) is 0 Å². The lowest BCUT2D eigenvalue weighted by molar-refractivity contribution is -0.274. The third kappa shape index (κ3) is 4.93. The Balaban J connectivity index is 1.77. The van der Waals surface area contributed by atoms with E-state index in [2.05, 4.69) is 4.74 Å². The smallest absolute Gasteiger partial charge is 0.406 e. The molecule has 2 aromatic carbocycles. The first-order valence-corrected chi connectivity index (χ1v) is 10.6. The molecule has 0 N–H and O–H groups in total. The number of anilines is 1. The normalized spacial score (nSPS) is 14.5. The van der Waals surface area contributed by atoms with Crippen LogP contribution in [0.1, 0.15) is 24.5 Å². The minimum Gasteiger partial charge on any atom is -0.406 e. The number of ether oxygens (including phenoxy) is 1. The maximum Gasteiger partial charge on any atom is 0.573 e. The molecule has 1 heterocycles. The summed E-state index contributed by atoms with van der Waals surface area (Å²) in [6.45, 7) is 2.05. The summed E-state index contributed by atoms with van der Waals surface area (Å²) >= 11 is 0. The van der Waals surface area contributed by atoms with E-state index in [1.165, 1.54) is 32.2 Å². The molecule has 0 fully saturated rings. The van der Waals surface area contributed by atoms with Gasteiger partial charge in [0.25, 0.3) is 0 Å². The molecule has 0 atom stereocenters. The molecule has 0 bridgehead atoms. The molecule has 0 aromatic heterocycles. The molecule has 30 heavy (non-hydrogen) atoms. The molecule has 0 saturated carbocycles. The molecule has 162 valence electrons. The third-order valence-electron chi connectivity index (χ3n) is 4.82. The molecular weight excluding hydrogens is 421 g/mol. The van der Waals surface area contributed by atoms with Gasteiger partial charge in [0.2, 0.25) is 15.9 Å². The Morgan fingerprint density at radius 1 is 1.17 bits per heavy atom. The summed E-state index contributed by atoms with van der Waals surface area (Å²) in [6, 6.07) is 9.72. The highest BCUT2D eigenvalue weighted by molar-refractivity contribution is 7.89. The van der Waals surface area contributed by atoms with Gasteiger partial charge in [0.05, 0.1) is 4.90 Å². The van der Waals surface area contributed by atoms with Crippen molar-refractivity contribution in [2.24, 2.45) is 0 Å². The van der Waals surface area contributed by atoms with Gasteiger partial charge in [-0.15, -0.1) is 13.2 Å².